The van der Waals surface area contributed by atoms with Crippen molar-refractivity contribution in [3.63, 3.8) is 0 Å². The van der Waals surface area contributed by atoms with Crippen LogP contribution in [0.2, 0.25) is 0 Å². The summed E-state index contributed by atoms with van der Waals surface area (Å²) in [7, 11) is -4.74. The van der Waals surface area contributed by atoms with E-state index >= 15 is 0 Å². The molecule has 0 amide bonds. The first-order valence-corrected chi connectivity index (χ1v) is 7.06. The largest absolute Gasteiger partial charge is 0.412 e. The van der Waals surface area contributed by atoms with Gasteiger partial charge in [0.05, 0.1) is 5.30 Å². The Labute approximate surface area is 116 Å². The summed E-state index contributed by atoms with van der Waals surface area (Å²) in [4.78, 5) is 0. The molecule has 0 unspecified atom stereocenters. The van der Waals surface area contributed by atoms with Crippen molar-refractivity contribution in [3.8, 4) is 0 Å². The first-order chi connectivity index (χ1) is 9.43. The van der Waals surface area contributed by atoms with Crippen LogP contribution in [0, 0.1) is 6.92 Å². The van der Waals surface area contributed by atoms with E-state index in [-0.39, 0.29) is 10.9 Å². The molecule has 1 aromatic carbocycles. The summed E-state index contributed by atoms with van der Waals surface area (Å²) in [6.45, 7) is -2.58. The molecule has 0 fully saturated rings. The van der Waals surface area contributed by atoms with Crippen LogP contribution in [0.4, 0.5) is 26.3 Å². The molecule has 0 spiro atoms. The van der Waals surface area contributed by atoms with Crippen molar-refractivity contribution in [2.75, 3.05) is 13.2 Å². The number of halogens is 6. The first kappa shape index (κ1) is 18.0. The highest BCUT2D eigenvalue weighted by Gasteiger charge is 2.40. The Kier molecular flexibility index (Phi) is 5.46. The van der Waals surface area contributed by atoms with Crippen molar-refractivity contribution < 1.29 is 40.0 Å². The van der Waals surface area contributed by atoms with Gasteiger partial charge in [0.2, 0.25) is 0 Å². The van der Waals surface area contributed by atoms with Crippen molar-refractivity contribution in [2.24, 2.45) is 0 Å². The van der Waals surface area contributed by atoms with Gasteiger partial charge >= 0.3 is 19.9 Å². The Balaban J connectivity index is 3.05. The average molecular weight is 336 g/mol. The van der Waals surface area contributed by atoms with E-state index < -0.39 is 33.2 Å². The predicted molar refractivity (Wildman–Crippen MR) is 62.4 cm³/mol. The van der Waals surface area contributed by atoms with Crippen LogP contribution in [0.1, 0.15) is 5.56 Å². The SMILES string of the molecule is Cc1ccccc1P(=O)(OCC(F)(F)F)OCC(F)(F)F. The Morgan fingerprint density at radius 2 is 1.38 bits per heavy atom. The monoisotopic (exact) mass is 336 g/mol. The maximum atomic E-state index is 12.3. The Morgan fingerprint density at radius 3 is 1.76 bits per heavy atom. The summed E-state index contributed by atoms with van der Waals surface area (Å²) in [5.41, 5.74) is 0.199. The highest BCUT2D eigenvalue weighted by atomic mass is 31.2. The van der Waals surface area contributed by atoms with Crippen LogP contribution in [-0.4, -0.2) is 25.6 Å². The molecule has 0 saturated carbocycles. The second kappa shape index (κ2) is 6.37. The molecule has 0 bridgehead atoms. The fourth-order valence-corrected chi connectivity index (χ4v) is 3.12. The standard InChI is InChI=1S/C11H11F6O3P/c1-8-4-2-3-5-9(8)21(18,19-6-10(12,13)14)20-7-11(15,16)17/h2-5H,6-7H2,1H3. The summed E-state index contributed by atoms with van der Waals surface area (Å²) in [5, 5.41) is -0.335. The topological polar surface area (TPSA) is 35.5 Å². The quantitative estimate of drug-likeness (QED) is 0.603. The molecule has 0 heterocycles. The van der Waals surface area contributed by atoms with E-state index in [1.165, 1.54) is 25.1 Å². The van der Waals surface area contributed by atoms with Crippen LogP contribution in [0.5, 0.6) is 0 Å². The molecule has 0 aliphatic heterocycles. The molecule has 21 heavy (non-hydrogen) atoms. The van der Waals surface area contributed by atoms with Gasteiger partial charge in [-0.2, -0.15) is 26.3 Å². The predicted octanol–water partition coefficient (Wildman–Crippen LogP) is 3.97. The van der Waals surface area contributed by atoms with Gasteiger partial charge in [0.1, 0.15) is 0 Å². The highest BCUT2D eigenvalue weighted by molar-refractivity contribution is 7.62. The molecule has 0 atom stereocenters. The molecule has 1 rings (SSSR count). The first-order valence-electron chi connectivity index (χ1n) is 5.52. The van der Waals surface area contributed by atoms with E-state index in [9.17, 15) is 30.9 Å². The van der Waals surface area contributed by atoms with E-state index in [0.717, 1.165) is 6.07 Å². The fraction of sp³-hybridized carbons (Fsp3) is 0.455. The van der Waals surface area contributed by atoms with E-state index in [1.54, 1.807) is 0 Å². The summed E-state index contributed by atoms with van der Waals surface area (Å²) in [5.74, 6) is 0. The molecule has 0 saturated heterocycles. The van der Waals surface area contributed by atoms with Crippen LogP contribution in [0.15, 0.2) is 24.3 Å². The molecule has 1 aromatic rings. The zero-order chi connectivity index (χ0) is 16.3. The molecule has 0 aromatic heterocycles. The Hall–Kier alpha value is -1.05. The average Bonchev–Trinajstić information content (AvgIpc) is 2.33. The van der Waals surface area contributed by atoms with Gasteiger partial charge in [0.15, 0.2) is 13.2 Å². The minimum absolute atomic E-state index is 0.199. The van der Waals surface area contributed by atoms with Crippen LogP contribution in [0.3, 0.4) is 0 Å². The molecular weight excluding hydrogens is 325 g/mol. The summed E-state index contributed by atoms with van der Waals surface area (Å²) >= 11 is 0. The van der Waals surface area contributed by atoms with Gasteiger partial charge in [-0.05, 0) is 18.6 Å². The van der Waals surface area contributed by atoms with Gasteiger partial charge in [0.25, 0.3) is 0 Å². The second-order valence-electron chi connectivity index (χ2n) is 4.06. The third-order valence-corrected chi connectivity index (χ3v) is 4.24. The third-order valence-electron chi connectivity index (χ3n) is 2.21. The maximum Gasteiger partial charge on any atom is 0.412 e. The summed E-state index contributed by atoms with van der Waals surface area (Å²) < 4.78 is 93.5. The third kappa shape index (κ3) is 6.07. The lowest BCUT2D eigenvalue weighted by atomic mass is 10.2. The zero-order valence-corrected chi connectivity index (χ0v) is 11.6. The molecule has 10 heteroatoms. The molecule has 0 aliphatic carbocycles. The lowest BCUT2D eigenvalue weighted by Crippen LogP contribution is -2.24. The number of benzene rings is 1. The van der Waals surface area contributed by atoms with E-state index in [2.05, 4.69) is 9.05 Å². The number of aryl methyl sites for hydroxylation is 1. The minimum atomic E-state index is -4.85. The lowest BCUT2D eigenvalue weighted by Gasteiger charge is -2.21. The smallest absolute Gasteiger partial charge is 0.296 e. The summed E-state index contributed by atoms with van der Waals surface area (Å²) in [6, 6.07) is 5.26. The molecule has 3 nitrogen and oxygen atoms in total. The fourth-order valence-electron chi connectivity index (χ4n) is 1.36. The Bertz CT molecular complexity index is 503. The number of hydrogen-bond donors (Lipinski definition) is 0. The molecule has 0 aliphatic rings. The molecule has 0 radical (unpaired) electrons. The van der Waals surface area contributed by atoms with Crippen molar-refractivity contribution in [3.05, 3.63) is 29.8 Å². The van der Waals surface area contributed by atoms with Crippen LogP contribution >= 0.6 is 7.60 Å². The zero-order valence-electron chi connectivity index (χ0n) is 10.7. The lowest BCUT2D eigenvalue weighted by molar-refractivity contribution is -0.164. The maximum absolute atomic E-state index is 12.3. The van der Waals surface area contributed by atoms with Crippen molar-refractivity contribution in [2.45, 2.75) is 19.3 Å². The van der Waals surface area contributed by atoms with Gasteiger partial charge < -0.3 is 0 Å². The van der Waals surface area contributed by atoms with Crippen LogP contribution in [-0.2, 0) is 13.6 Å². The van der Waals surface area contributed by atoms with E-state index in [1.807, 2.05) is 0 Å². The van der Waals surface area contributed by atoms with Crippen LogP contribution in [0.25, 0.3) is 0 Å². The molecule has 120 valence electrons. The number of alkyl halides is 6. The molecule has 0 N–H and O–H groups in total. The van der Waals surface area contributed by atoms with E-state index in [0.29, 0.717) is 0 Å². The summed E-state index contributed by atoms with van der Waals surface area (Å²) in [6.07, 6.45) is -9.69. The normalized spacial score (nSPS) is 13.5. The van der Waals surface area contributed by atoms with Gasteiger partial charge in [-0.25, -0.2) is 0 Å². The number of hydrogen-bond acceptors (Lipinski definition) is 3. The highest BCUT2D eigenvalue weighted by Crippen LogP contribution is 2.49. The van der Waals surface area contributed by atoms with Crippen molar-refractivity contribution in [1.82, 2.24) is 0 Å². The van der Waals surface area contributed by atoms with Gasteiger partial charge in [-0.1, -0.05) is 18.2 Å². The van der Waals surface area contributed by atoms with E-state index in [4.69, 9.17) is 0 Å². The Morgan fingerprint density at radius 1 is 0.952 bits per heavy atom. The van der Waals surface area contributed by atoms with Gasteiger partial charge in [-0.15, -0.1) is 0 Å². The van der Waals surface area contributed by atoms with Gasteiger partial charge in [-0.3, -0.25) is 13.6 Å². The van der Waals surface area contributed by atoms with Crippen LogP contribution < -0.4 is 5.30 Å². The molecular formula is C11H11F6O3P. The van der Waals surface area contributed by atoms with Crippen molar-refractivity contribution >= 4 is 12.9 Å². The number of rotatable bonds is 5. The van der Waals surface area contributed by atoms with Gasteiger partial charge in [0, 0.05) is 0 Å². The van der Waals surface area contributed by atoms with Crippen molar-refractivity contribution in [1.29, 1.82) is 0 Å². The second-order valence-corrected chi connectivity index (χ2v) is 6.05. The minimum Gasteiger partial charge on any atom is -0.296 e.